The van der Waals surface area contributed by atoms with Gasteiger partial charge in [0.1, 0.15) is 0 Å². The predicted octanol–water partition coefficient (Wildman–Crippen LogP) is 2.26. The first-order valence-corrected chi connectivity index (χ1v) is 8.65. The molecule has 9 heteroatoms. The number of aromatic nitrogens is 2. The highest BCUT2D eigenvalue weighted by Crippen LogP contribution is 2.38. The maximum Gasteiger partial charge on any atom is 0.256 e. The van der Waals surface area contributed by atoms with Crippen molar-refractivity contribution in [3.8, 4) is 0 Å². The van der Waals surface area contributed by atoms with Gasteiger partial charge in [-0.3, -0.25) is 0 Å². The molecule has 0 radical (unpaired) electrons. The highest BCUT2D eigenvalue weighted by molar-refractivity contribution is 7.90. The summed E-state index contributed by atoms with van der Waals surface area (Å²) in [5.74, 6) is -4.40. The summed E-state index contributed by atoms with van der Waals surface area (Å²) < 4.78 is 50.9. The lowest BCUT2D eigenvalue weighted by Gasteiger charge is -2.41. The maximum atomic E-state index is 13.8. The molecule has 2 heterocycles. The Bertz CT molecular complexity index is 640. The molecule has 0 amide bonds. The van der Waals surface area contributed by atoms with Crippen LogP contribution in [0.3, 0.4) is 0 Å². The van der Waals surface area contributed by atoms with Crippen molar-refractivity contribution in [1.29, 1.82) is 0 Å². The SMILES string of the molecule is C[C@@H]1CN(c2ncc(Cl)c(S(C)(=O)=O)n2)C[C@H](C)C1(F)F. The summed E-state index contributed by atoms with van der Waals surface area (Å²) in [5, 5.41) is -0.364. The summed E-state index contributed by atoms with van der Waals surface area (Å²) in [4.78, 5) is 9.47. The van der Waals surface area contributed by atoms with E-state index in [1.807, 2.05) is 0 Å². The number of piperidine rings is 1. The van der Waals surface area contributed by atoms with E-state index in [0.717, 1.165) is 6.26 Å². The molecule has 2 rings (SSSR count). The third-order valence-corrected chi connectivity index (χ3v) is 5.04. The van der Waals surface area contributed by atoms with Gasteiger partial charge < -0.3 is 4.90 Å². The molecular formula is C12H16ClF2N3O2S. The summed E-state index contributed by atoms with van der Waals surface area (Å²) in [6.45, 7) is 3.02. The van der Waals surface area contributed by atoms with Crippen LogP contribution < -0.4 is 4.90 Å². The predicted molar refractivity (Wildman–Crippen MR) is 75.6 cm³/mol. The van der Waals surface area contributed by atoms with Gasteiger partial charge in [-0.1, -0.05) is 25.4 Å². The first-order chi connectivity index (χ1) is 9.53. The van der Waals surface area contributed by atoms with E-state index in [-0.39, 0.29) is 29.1 Å². The molecule has 1 aromatic rings. The molecule has 0 bridgehead atoms. The number of nitrogens with zero attached hydrogens (tertiary/aromatic N) is 3. The van der Waals surface area contributed by atoms with Gasteiger partial charge in [0.2, 0.25) is 5.95 Å². The van der Waals surface area contributed by atoms with Crippen molar-refractivity contribution in [1.82, 2.24) is 9.97 Å². The average molecular weight is 340 g/mol. The van der Waals surface area contributed by atoms with Crippen LogP contribution in [0.1, 0.15) is 13.8 Å². The first kappa shape index (κ1) is 16.4. The van der Waals surface area contributed by atoms with Gasteiger partial charge in [0.25, 0.3) is 5.92 Å². The summed E-state index contributed by atoms with van der Waals surface area (Å²) in [6, 6.07) is 0. The second kappa shape index (κ2) is 5.31. The van der Waals surface area contributed by atoms with Crippen molar-refractivity contribution in [2.75, 3.05) is 24.2 Å². The molecule has 1 aliphatic heterocycles. The number of hydrogen-bond acceptors (Lipinski definition) is 5. The first-order valence-electron chi connectivity index (χ1n) is 6.38. The number of anilines is 1. The van der Waals surface area contributed by atoms with Gasteiger partial charge in [-0.25, -0.2) is 22.2 Å². The Balaban J connectivity index is 2.36. The molecule has 0 spiro atoms. The largest absolute Gasteiger partial charge is 0.340 e. The summed E-state index contributed by atoms with van der Waals surface area (Å²) in [7, 11) is -3.60. The van der Waals surface area contributed by atoms with Crippen molar-refractivity contribution < 1.29 is 17.2 Å². The molecule has 0 saturated carbocycles. The van der Waals surface area contributed by atoms with Crippen LogP contribution in [0.2, 0.25) is 5.02 Å². The molecule has 0 aliphatic carbocycles. The van der Waals surface area contributed by atoms with E-state index in [0.29, 0.717) is 0 Å². The second-order valence-electron chi connectivity index (χ2n) is 5.48. The van der Waals surface area contributed by atoms with Crippen LogP contribution in [0.4, 0.5) is 14.7 Å². The van der Waals surface area contributed by atoms with Crippen LogP contribution in [0.25, 0.3) is 0 Å². The number of halogens is 3. The molecule has 0 unspecified atom stereocenters. The van der Waals surface area contributed by atoms with Gasteiger partial charge in [0.15, 0.2) is 14.9 Å². The normalized spacial score (nSPS) is 25.9. The Kier molecular flexibility index (Phi) is 4.14. The fourth-order valence-electron chi connectivity index (χ4n) is 2.38. The molecule has 1 saturated heterocycles. The number of sulfone groups is 1. The monoisotopic (exact) mass is 339 g/mol. The van der Waals surface area contributed by atoms with Crippen molar-refractivity contribution in [3.05, 3.63) is 11.2 Å². The molecule has 1 fully saturated rings. The van der Waals surface area contributed by atoms with E-state index < -0.39 is 27.6 Å². The van der Waals surface area contributed by atoms with Crippen molar-refractivity contribution in [3.63, 3.8) is 0 Å². The lowest BCUT2D eigenvalue weighted by atomic mass is 9.87. The van der Waals surface area contributed by atoms with Crippen molar-refractivity contribution in [2.24, 2.45) is 11.8 Å². The van der Waals surface area contributed by atoms with Crippen LogP contribution in [-0.4, -0.2) is 43.7 Å². The van der Waals surface area contributed by atoms with E-state index in [1.54, 1.807) is 4.90 Å². The number of hydrogen-bond donors (Lipinski definition) is 0. The quantitative estimate of drug-likeness (QED) is 0.773. The van der Waals surface area contributed by atoms with Crippen LogP contribution in [0.15, 0.2) is 11.2 Å². The van der Waals surface area contributed by atoms with Gasteiger partial charge >= 0.3 is 0 Å². The molecule has 1 aromatic heterocycles. The van der Waals surface area contributed by atoms with Crippen LogP contribution in [0.5, 0.6) is 0 Å². The van der Waals surface area contributed by atoms with Crippen LogP contribution in [0, 0.1) is 11.8 Å². The standard InChI is InChI=1S/C12H16ClF2N3O2S/c1-7-5-18(6-8(2)12(7,14)15)11-16-4-9(13)10(17-11)21(3,19)20/h4,7-8H,5-6H2,1-3H3/t7-,8+. The van der Waals surface area contributed by atoms with Gasteiger partial charge in [-0.2, -0.15) is 4.98 Å². The van der Waals surface area contributed by atoms with Gasteiger partial charge in [-0.15, -0.1) is 0 Å². The zero-order chi connectivity index (χ0) is 16.0. The highest BCUT2D eigenvalue weighted by atomic mass is 35.5. The zero-order valence-electron chi connectivity index (χ0n) is 11.8. The molecular weight excluding hydrogens is 324 g/mol. The van der Waals surface area contributed by atoms with E-state index in [4.69, 9.17) is 11.6 Å². The third-order valence-electron chi connectivity index (χ3n) is 3.64. The fourth-order valence-corrected chi connectivity index (χ4v) is 3.55. The van der Waals surface area contributed by atoms with Gasteiger partial charge in [0, 0.05) is 31.2 Å². The Labute approximate surface area is 127 Å². The topological polar surface area (TPSA) is 63.2 Å². The lowest BCUT2D eigenvalue weighted by Crippen LogP contribution is -2.52. The summed E-state index contributed by atoms with van der Waals surface area (Å²) in [6.07, 6.45) is 2.17. The Hall–Kier alpha value is -1.02. The molecule has 0 N–H and O–H groups in total. The van der Waals surface area contributed by atoms with E-state index >= 15 is 0 Å². The highest BCUT2D eigenvalue weighted by Gasteiger charge is 2.47. The molecule has 0 aromatic carbocycles. The lowest BCUT2D eigenvalue weighted by molar-refractivity contribution is -0.105. The zero-order valence-corrected chi connectivity index (χ0v) is 13.4. The minimum absolute atomic E-state index is 0.0577. The van der Waals surface area contributed by atoms with Crippen molar-refractivity contribution in [2.45, 2.75) is 24.8 Å². The summed E-state index contributed by atoms with van der Waals surface area (Å²) >= 11 is 5.78. The van der Waals surface area contributed by atoms with E-state index in [1.165, 1.54) is 20.0 Å². The molecule has 5 nitrogen and oxygen atoms in total. The van der Waals surface area contributed by atoms with Crippen molar-refractivity contribution >= 4 is 27.4 Å². The Morgan fingerprint density at radius 1 is 1.33 bits per heavy atom. The Morgan fingerprint density at radius 2 is 1.86 bits per heavy atom. The number of alkyl halides is 2. The average Bonchev–Trinajstić information content (AvgIpc) is 2.35. The van der Waals surface area contributed by atoms with Crippen LogP contribution >= 0.6 is 11.6 Å². The molecule has 118 valence electrons. The minimum atomic E-state index is -3.60. The van der Waals surface area contributed by atoms with Crippen LogP contribution in [-0.2, 0) is 9.84 Å². The fraction of sp³-hybridized carbons (Fsp3) is 0.667. The Morgan fingerprint density at radius 3 is 2.33 bits per heavy atom. The van der Waals surface area contributed by atoms with E-state index in [2.05, 4.69) is 9.97 Å². The number of rotatable bonds is 2. The van der Waals surface area contributed by atoms with Gasteiger partial charge in [0.05, 0.1) is 11.2 Å². The second-order valence-corrected chi connectivity index (χ2v) is 7.82. The van der Waals surface area contributed by atoms with E-state index in [9.17, 15) is 17.2 Å². The summed E-state index contributed by atoms with van der Waals surface area (Å²) in [5.41, 5.74) is 0. The van der Waals surface area contributed by atoms with Gasteiger partial charge in [-0.05, 0) is 0 Å². The molecule has 21 heavy (non-hydrogen) atoms. The molecule has 1 aliphatic rings. The minimum Gasteiger partial charge on any atom is -0.340 e. The molecule has 2 atom stereocenters. The third kappa shape index (κ3) is 3.11. The smallest absolute Gasteiger partial charge is 0.256 e. The maximum absolute atomic E-state index is 13.8.